The van der Waals surface area contributed by atoms with Gasteiger partial charge in [0, 0.05) is 11.3 Å². The largest absolute Gasteiger partial charge is 0.292 e. The predicted octanol–water partition coefficient (Wildman–Crippen LogP) is 11.1. The minimum absolute atomic E-state index is 0.900. The number of aromatic nitrogens is 2. The second kappa shape index (κ2) is 11.7. The summed E-state index contributed by atoms with van der Waals surface area (Å²) in [4.78, 5) is 5.01. The zero-order chi connectivity index (χ0) is 29.1. The number of nitrogens with zero attached hydrogens (tertiary/aromatic N) is 2. The third-order valence-corrected chi connectivity index (χ3v) is 7.84. The van der Waals surface area contributed by atoms with E-state index in [0.29, 0.717) is 0 Å². The summed E-state index contributed by atoms with van der Waals surface area (Å²) in [6.07, 6.45) is 12.6. The summed E-state index contributed by atoms with van der Waals surface area (Å²) in [6, 6.07) is 36.5. The van der Waals surface area contributed by atoms with E-state index in [1.165, 1.54) is 43.8 Å². The van der Waals surface area contributed by atoms with Gasteiger partial charge in [0.15, 0.2) is 0 Å². The van der Waals surface area contributed by atoms with E-state index < -0.39 is 0 Å². The van der Waals surface area contributed by atoms with Gasteiger partial charge in [-0.15, -0.1) is 0 Å². The van der Waals surface area contributed by atoms with E-state index >= 15 is 0 Å². The second-order valence-electron chi connectivity index (χ2n) is 10.4. The second-order valence-corrected chi connectivity index (χ2v) is 10.4. The molecule has 0 atom stereocenters. The maximum atomic E-state index is 5.01. The maximum Gasteiger partial charge on any atom is 0.145 e. The molecule has 0 aliphatic heterocycles. The molecule has 0 saturated heterocycles. The first-order chi connectivity index (χ1) is 20.7. The van der Waals surface area contributed by atoms with Gasteiger partial charge in [0.25, 0.3) is 0 Å². The number of hydrogen-bond acceptors (Lipinski definition) is 1. The van der Waals surface area contributed by atoms with E-state index in [1.54, 1.807) is 0 Å². The summed E-state index contributed by atoms with van der Waals surface area (Å²) in [5.41, 5.74) is 8.98. The lowest BCUT2D eigenvalue weighted by Gasteiger charge is -2.18. The van der Waals surface area contributed by atoms with Gasteiger partial charge in [0.05, 0.1) is 11.0 Å². The smallest absolute Gasteiger partial charge is 0.145 e. The topological polar surface area (TPSA) is 17.8 Å². The number of fused-ring (bicyclic) bond motifs is 3. The monoisotopic (exact) mass is 542 g/mol. The number of para-hydroxylation sites is 2. The molecule has 0 fully saturated rings. The number of hydrogen-bond donors (Lipinski definition) is 0. The molecule has 0 spiro atoms. The highest BCUT2D eigenvalue weighted by atomic mass is 15.1. The molecule has 6 aromatic rings. The normalized spacial score (nSPS) is 13.1. The maximum absolute atomic E-state index is 5.01. The van der Waals surface area contributed by atoms with Crippen molar-refractivity contribution >= 4 is 49.4 Å². The molecule has 1 heterocycles. The van der Waals surface area contributed by atoms with Gasteiger partial charge in [-0.3, -0.25) is 4.57 Å². The van der Waals surface area contributed by atoms with Gasteiger partial charge < -0.3 is 0 Å². The SMILES string of the molecule is C=C/C(=C\C=C(/C)c1c2ccccc2c(-c2ccccc2)c2ccccc12)n1c(C(/C=C\C)=C/C)nc2ccccc21. The van der Waals surface area contributed by atoms with Gasteiger partial charge in [0.1, 0.15) is 5.82 Å². The molecule has 204 valence electrons. The van der Waals surface area contributed by atoms with E-state index in [4.69, 9.17) is 4.98 Å². The molecule has 0 amide bonds. The number of imidazole rings is 1. The van der Waals surface area contributed by atoms with E-state index in [-0.39, 0.29) is 0 Å². The lowest BCUT2D eigenvalue weighted by molar-refractivity contribution is 1.09. The Kier molecular flexibility index (Phi) is 7.53. The Morgan fingerprint density at radius 1 is 0.714 bits per heavy atom. The highest BCUT2D eigenvalue weighted by molar-refractivity contribution is 6.18. The van der Waals surface area contributed by atoms with Gasteiger partial charge in [-0.2, -0.15) is 0 Å². The van der Waals surface area contributed by atoms with Crippen LogP contribution in [-0.2, 0) is 0 Å². The quantitative estimate of drug-likeness (QED) is 0.145. The van der Waals surface area contributed by atoms with Crippen molar-refractivity contribution in [2.75, 3.05) is 0 Å². The fraction of sp³-hybridized carbons (Fsp3) is 0.0750. The molecule has 0 radical (unpaired) electrons. The van der Waals surface area contributed by atoms with Crippen LogP contribution in [0.1, 0.15) is 32.2 Å². The van der Waals surface area contributed by atoms with Gasteiger partial charge in [0.2, 0.25) is 0 Å². The van der Waals surface area contributed by atoms with Gasteiger partial charge in [-0.05, 0) is 88.9 Å². The molecule has 2 nitrogen and oxygen atoms in total. The number of rotatable bonds is 7. The molecule has 6 rings (SSSR count). The van der Waals surface area contributed by atoms with Crippen molar-refractivity contribution < 1.29 is 0 Å². The molecule has 0 bridgehead atoms. The Morgan fingerprint density at radius 3 is 1.93 bits per heavy atom. The van der Waals surface area contributed by atoms with Crippen LogP contribution in [0.4, 0.5) is 0 Å². The van der Waals surface area contributed by atoms with Crippen molar-refractivity contribution in [3.63, 3.8) is 0 Å². The Morgan fingerprint density at radius 2 is 1.31 bits per heavy atom. The Labute approximate surface area is 248 Å². The molecule has 1 aromatic heterocycles. The third-order valence-electron chi connectivity index (χ3n) is 7.84. The van der Waals surface area contributed by atoms with Crippen LogP contribution in [-0.4, -0.2) is 9.55 Å². The van der Waals surface area contributed by atoms with Crippen LogP contribution in [0.2, 0.25) is 0 Å². The molecule has 5 aromatic carbocycles. The minimum atomic E-state index is 0.900. The third kappa shape index (κ3) is 4.71. The molecule has 42 heavy (non-hydrogen) atoms. The Hall–Kier alpha value is -5.21. The van der Waals surface area contributed by atoms with Crippen LogP contribution in [0, 0.1) is 0 Å². The average molecular weight is 543 g/mol. The van der Waals surface area contributed by atoms with Crippen molar-refractivity contribution in [3.05, 3.63) is 158 Å². The van der Waals surface area contributed by atoms with E-state index in [9.17, 15) is 0 Å². The molecular formula is C40H34N2. The zero-order valence-electron chi connectivity index (χ0n) is 24.4. The predicted molar refractivity (Wildman–Crippen MR) is 183 cm³/mol. The standard InChI is InChI=1S/C40H34N2/c1-5-17-29(6-2)40-41-36-24-15-16-25-37(36)42(40)31(7-3)27-26-28(4)38-32-20-11-13-22-34(32)39(30-18-9-8-10-19-30)35-23-14-12-21-33(35)38/h5-27H,3H2,1-2,4H3/b17-5-,28-26+,29-6+,31-27+. The minimum Gasteiger partial charge on any atom is -0.292 e. The van der Waals surface area contributed by atoms with Crippen molar-refractivity contribution in [3.8, 4) is 11.1 Å². The Balaban J connectivity index is 1.59. The van der Waals surface area contributed by atoms with Crippen LogP contribution in [0.5, 0.6) is 0 Å². The average Bonchev–Trinajstić information content (AvgIpc) is 3.42. The summed E-state index contributed by atoms with van der Waals surface area (Å²) in [6.45, 7) is 10.5. The molecule has 0 aliphatic rings. The molecule has 0 unspecified atom stereocenters. The van der Waals surface area contributed by atoms with E-state index in [2.05, 4.69) is 152 Å². The molecule has 0 aliphatic carbocycles. The number of benzene rings is 5. The highest BCUT2D eigenvalue weighted by Crippen LogP contribution is 2.41. The van der Waals surface area contributed by atoms with Crippen molar-refractivity contribution in [2.45, 2.75) is 20.8 Å². The van der Waals surface area contributed by atoms with Gasteiger partial charge in [-0.25, -0.2) is 4.98 Å². The van der Waals surface area contributed by atoms with E-state index in [0.717, 1.165) is 28.1 Å². The molecular weight excluding hydrogens is 508 g/mol. The van der Waals surface area contributed by atoms with Crippen LogP contribution in [0.3, 0.4) is 0 Å². The van der Waals surface area contributed by atoms with Crippen molar-refractivity contribution in [1.82, 2.24) is 9.55 Å². The van der Waals surface area contributed by atoms with Crippen LogP contribution in [0.15, 0.2) is 146 Å². The first-order valence-corrected chi connectivity index (χ1v) is 14.4. The fourth-order valence-corrected chi connectivity index (χ4v) is 5.96. The van der Waals surface area contributed by atoms with E-state index in [1.807, 2.05) is 19.1 Å². The molecule has 0 N–H and O–H groups in total. The fourth-order valence-electron chi connectivity index (χ4n) is 5.96. The lowest BCUT2D eigenvalue weighted by Crippen LogP contribution is -2.00. The van der Waals surface area contributed by atoms with Crippen LogP contribution in [0.25, 0.3) is 60.5 Å². The zero-order valence-corrected chi connectivity index (χ0v) is 24.4. The van der Waals surface area contributed by atoms with Gasteiger partial charge >= 0.3 is 0 Å². The molecule has 0 saturated carbocycles. The summed E-state index contributed by atoms with van der Waals surface area (Å²) in [7, 11) is 0. The van der Waals surface area contributed by atoms with Crippen molar-refractivity contribution in [1.29, 1.82) is 0 Å². The van der Waals surface area contributed by atoms with Crippen molar-refractivity contribution in [2.24, 2.45) is 0 Å². The molecule has 2 heteroatoms. The Bertz CT molecular complexity index is 2010. The first-order valence-electron chi connectivity index (χ1n) is 14.4. The summed E-state index contributed by atoms with van der Waals surface area (Å²) in [5.74, 6) is 0.900. The summed E-state index contributed by atoms with van der Waals surface area (Å²) < 4.78 is 2.20. The number of allylic oxidation sites excluding steroid dienone is 9. The van der Waals surface area contributed by atoms with Crippen LogP contribution < -0.4 is 0 Å². The first kappa shape index (κ1) is 27.0. The lowest BCUT2D eigenvalue weighted by atomic mass is 9.86. The summed E-state index contributed by atoms with van der Waals surface area (Å²) in [5, 5.41) is 5.00. The highest BCUT2D eigenvalue weighted by Gasteiger charge is 2.17. The summed E-state index contributed by atoms with van der Waals surface area (Å²) >= 11 is 0. The van der Waals surface area contributed by atoms with Crippen LogP contribution >= 0.6 is 0 Å². The van der Waals surface area contributed by atoms with Gasteiger partial charge in [-0.1, -0.05) is 122 Å².